The Labute approximate surface area is 132 Å². The van der Waals surface area contributed by atoms with E-state index in [1.54, 1.807) is 30.9 Å². The zero-order valence-corrected chi connectivity index (χ0v) is 14.4. The van der Waals surface area contributed by atoms with Gasteiger partial charge in [0.1, 0.15) is 0 Å². The minimum Gasteiger partial charge on any atom is -0.398 e. The molecule has 2 aromatic rings. The third-order valence-corrected chi connectivity index (χ3v) is 5.09. The normalized spacial score (nSPS) is 11.6. The van der Waals surface area contributed by atoms with Crippen molar-refractivity contribution in [3.63, 3.8) is 0 Å². The number of nitrogen functional groups attached to an aromatic ring is 1. The molecule has 114 valence electrons. The molecule has 0 unspecified atom stereocenters. The quantitative estimate of drug-likeness (QED) is 0.806. The van der Waals surface area contributed by atoms with Crippen LogP contribution in [0, 0.1) is 6.92 Å². The summed E-state index contributed by atoms with van der Waals surface area (Å²) < 4.78 is 29.9. The van der Waals surface area contributed by atoms with Crippen LogP contribution in [0.4, 0.5) is 11.4 Å². The van der Waals surface area contributed by atoms with E-state index in [0.29, 0.717) is 33.5 Å². The molecule has 0 spiro atoms. The number of anilines is 2. The maximum Gasteiger partial charge on any atom is 0.262 e. The topological polar surface area (TPSA) is 90.0 Å². The number of hydrogen-bond donors (Lipinski definition) is 2. The second-order valence-electron chi connectivity index (χ2n) is 4.74. The molecule has 0 saturated heterocycles. The van der Waals surface area contributed by atoms with Crippen LogP contribution in [-0.4, -0.2) is 18.2 Å². The number of aromatic nitrogens is 2. The molecule has 0 saturated carbocycles. The Bertz CT molecular complexity index is 784. The molecule has 0 bridgehead atoms. The summed E-state index contributed by atoms with van der Waals surface area (Å²) in [6.45, 7) is 3.60. The highest BCUT2D eigenvalue weighted by atomic mass is 79.9. The van der Waals surface area contributed by atoms with Gasteiger partial charge in [-0.3, -0.25) is 9.40 Å². The summed E-state index contributed by atoms with van der Waals surface area (Å²) in [7, 11) is -1.97. The maximum atomic E-state index is 12.6. The summed E-state index contributed by atoms with van der Waals surface area (Å²) >= 11 is 3.27. The molecule has 1 aromatic carbocycles. The molecular formula is C13H17BrN4O2S. The third-order valence-electron chi connectivity index (χ3n) is 3.14. The molecule has 0 aliphatic heterocycles. The Kier molecular flexibility index (Phi) is 4.29. The fourth-order valence-corrected chi connectivity index (χ4v) is 4.03. The van der Waals surface area contributed by atoms with Crippen LogP contribution in [0.2, 0.25) is 0 Å². The molecule has 21 heavy (non-hydrogen) atoms. The highest BCUT2D eigenvalue weighted by molar-refractivity contribution is 9.10. The lowest BCUT2D eigenvalue weighted by Gasteiger charge is -2.12. The van der Waals surface area contributed by atoms with Crippen LogP contribution in [0.5, 0.6) is 0 Å². The lowest BCUT2D eigenvalue weighted by atomic mass is 10.2. The van der Waals surface area contributed by atoms with Crippen molar-refractivity contribution in [3.8, 4) is 0 Å². The Morgan fingerprint density at radius 2 is 2.10 bits per heavy atom. The smallest absolute Gasteiger partial charge is 0.262 e. The Morgan fingerprint density at radius 3 is 2.71 bits per heavy atom. The van der Waals surface area contributed by atoms with Crippen LogP contribution < -0.4 is 10.5 Å². The van der Waals surface area contributed by atoms with Gasteiger partial charge in [-0.15, -0.1) is 0 Å². The van der Waals surface area contributed by atoms with Crippen LogP contribution >= 0.6 is 15.9 Å². The number of aryl methyl sites for hydroxylation is 2. The minimum absolute atomic E-state index is 0.153. The van der Waals surface area contributed by atoms with Crippen molar-refractivity contribution in [2.45, 2.75) is 25.2 Å². The van der Waals surface area contributed by atoms with Crippen LogP contribution in [-0.2, 0) is 23.5 Å². The molecule has 0 fully saturated rings. The van der Waals surface area contributed by atoms with Gasteiger partial charge in [-0.1, -0.05) is 22.9 Å². The van der Waals surface area contributed by atoms with Gasteiger partial charge < -0.3 is 5.73 Å². The van der Waals surface area contributed by atoms with Gasteiger partial charge in [0.05, 0.1) is 16.3 Å². The van der Waals surface area contributed by atoms with Crippen molar-refractivity contribution in [3.05, 3.63) is 34.1 Å². The van der Waals surface area contributed by atoms with E-state index in [0.717, 1.165) is 0 Å². The SMILES string of the molecule is CCc1nn(C)cc1NS(=O)(=O)c1cc(Br)cc(N)c1C. The van der Waals surface area contributed by atoms with Gasteiger partial charge in [-0.25, -0.2) is 8.42 Å². The first kappa shape index (κ1) is 15.8. The molecule has 0 radical (unpaired) electrons. The van der Waals surface area contributed by atoms with Gasteiger partial charge in [0.15, 0.2) is 0 Å². The predicted molar refractivity (Wildman–Crippen MR) is 86.7 cm³/mol. The molecule has 2 rings (SSSR count). The van der Waals surface area contributed by atoms with E-state index in [9.17, 15) is 8.42 Å². The summed E-state index contributed by atoms with van der Waals surface area (Å²) in [5.41, 5.74) is 7.96. The van der Waals surface area contributed by atoms with Crippen LogP contribution in [0.15, 0.2) is 27.7 Å². The van der Waals surface area contributed by atoms with Gasteiger partial charge >= 0.3 is 0 Å². The summed E-state index contributed by atoms with van der Waals surface area (Å²) in [6, 6.07) is 3.21. The number of rotatable bonds is 4. The molecule has 0 atom stereocenters. The van der Waals surface area contributed by atoms with Crippen molar-refractivity contribution in [1.29, 1.82) is 0 Å². The predicted octanol–water partition coefficient (Wildman–Crippen LogP) is 2.44. The number of sulfonamides is 1. The Morgan fingerprint density at radius 1 is 1.43 bits per heavy atom. The summed E-state index contributed by atoms with van der Waals surface area (Å²) in [5, 5.41) is 4.22. The van der Waals surface area contributed by atoms with Gasteiger partial charge in [-0.05, 0) is 31.0 Å². The first-order valence-electron chi connectivity index (χ1n) is 6.35. The fraction of sp³-hybridized carbons (Fsp3) is 0.308. The molecule has 1 heterocycles. The van der Waals surface area contributed by atoms with Crippen molar-refractivity contribution in [2.75, 3.05) is 10.5 Å². The van der Waals surface area contributed by atoms with Crippen LogP contribution in [0.3, 0.4) is 0 Å². The molecule has 3 N–H and O–H groups in total. The molecule has 1 aromatic heterocycles. The number of nitrogens with one attached hydrogen (secondary N) is 1. The van der Waals surface area contributed by atoms with Gasteiger partial charge in [0, 0.05) is 23.4 Å². The first-order valence-corrected chi connectivity index (χ1v) is 8.63. The molecule has 0 aliphatic rings. The van der Waals surface area contributed by atoms with Gasteiger partial charge in [0.25, 0.3) is 10.0 Å². The van der Waals surface area contributed by atoms with Crippen molar-refractivity contribution in [1.82, 2.24) is 9.78 Å². The number of nitrogens with two attached hydrogens (primary N) is 1. The minimum atomic E-state index is -3.72. The molecule has 8 heteroatoms. The maximum absolute atomic E-state index is 12.6. The zero-order chi connectivity index (χ0) is 15.8. The Balaban J connectivity index is 2.48. The van der Waals surface area contributed by atoms with E-state index < -0.39 is 10.0 Å². The molecular weight excluding hydrogens is 356 g/mol. The lowest BCUT2D eigenvalue weighted by Crippen LogP contribution is -2.15. The summed E-state index contributed by atoms with van der Waals surface area (Å²) in [4.78, 5) is 0.153. The van der Waals surface area contributed by atoms with E-state index in [1.165, 1.54) is 6.07 Å². The third kappa shape index (κ3) is 3.21. The van der Waals surface area contributed by atoms with Gasteiger partial charge in [0.2, 0.25) is 0 Å². The number of halogens is 1. The highest BCUT2D eigenvalue weighted by Crippen LogP contribution is 2.28. The monoisotopic (exact) mass is 372 g/mol. The fourth-order valence-electron chi connectivity index (χ4n) is 2.03. The van der Waals surface area contributed by atoms with Crippen molar-refractivity contribution in [2.24, 2.45) is 7.05 Å². The number of benzene rings is 1. The van der Waals surface area contributed by atoms with Gasteiger partial charge in [-0.2, -0.15) is 5.10 Å². The lowest BCUT2D eigenvalue weighted by molar-refractivity contribution is 0.600. The number of nitrogens with zero attached hydrogens (tertiary/aromatic N) is 2. The second-order valence-corrected chi connectivity index (χ2v) is 7.31. The van der Waals surface area contributed by atoms with E-state index in [-0.39, 0.29) is 4.90 Å². The molecule has 6 nitrogen and oxygen atoms in total. The largest absolute Gasteiger partial charge is 0.398 e. The average Bonchev–Trinajstić information content (AvgIpc) is 2.72. The second kappa shape index (κ2) is 5.69. The number of hydrogen-bond acceptors (Lipinski definition) is 4. The average molecular weight is 373 g/mol. The van der Waals surface area contributed by atoms with E-state index >= 15 is 0 Å². The zero-order valence-electron chi connectivity index (χ0n) is 12.0. The highest BCUT2D eigenvalue weighted by Gasteiger charge is 2.21. The standard InChI is InChI=1S/C13H17BrN4O2S/c1-4-11-12(7-18(3)16-11)17-21(19,20)13-6-9(14)5-10(15)8(13)2/h5-7,17H,4,15H2,1-3H3. The summed E-state index contributed by atoms with van der Waals surface area (Å²) in [5.74, 6) is 0. The van der Waals surface area contributed by atoms with Crippen molar-refractivity contribution >= 4 is 37.3 Å². The molecule has 0 amide bonds. The summed E-state index contributed by atoms with van der Waals surface area (Å²) in [6.07, 6.45) is 2.28. The Hall–Kier alpha value is -1.54. The van der Waals surface area contributed by atoms with E-state index in [4.69, 9.17) is 5.73 Å². The first-order chi connectivity index (χ1) is 9.74. The van der Waals surface area contributed by atoms with Crippen molar-refractivity contribution < 1.29 is 8.42 Å². The van der Waals surface area contributed by atoms with Crippen LogP contribution in [0.1, 0.15) is 18.2 Å². The molecule has 0 aliphatic carbocycles. The van der Waals surface area contributed by atoms with E-state index in [2.05, 4.69) is 25.8 Å². The van der Waals surface area contributed by atoms with Crippen LogP contribution in [0.25, 0.3) is 0 Å². The van der Waals surface area contributed by atoms with E-state index in [1.807, 2.05) is 6.92 Å².